The topological polar surface area (TPSA) is 403 Å². The van der Waals surface area contributed by atoms with Crippen LogP contribution >= 0.6 is 0 Å². The Balaban J connectivity index is 3.50. The van der Waals surface area contributed by atoms with Gasteiger partial charge in [0.05, 0.1) is 6.61 Å². The van der Waals surface area contributed by atoms with Crippen LogP contribution in [0.2, 0.25) is 0 Å². The van der Waals surface area contributed by atoms with E-state index in [0.717, 1.165) is 19.3 Å². The van der Waals surface area contributed by atoms with E-state index in [2.05, 4.69) is 54.8 Å². The molecule has 0 bridgehead atoms. The zero-order valence-corrected chi connectivity index (χ0v) is 48.3. The molecule has 18 N–H and O–H groups in total. The minimum atomic E-state index is -1.40. The minimum Gasteiger partial charge on any atom is -0.394 e. The van der Waals surface area contributed by atoms with Gasteiger partial charge in [0.15, 0.2) is 0 Å². The van der Waals surface area contributed by atoms with Gasteiger partial charge in [-0.25, -0.2) is 0 Å². The van der Waals surface area contributed by atoms with Gasteiger partial charge in [0.2, 0.25) is 59.1 Å². The standard InChI is InChI=1S/C55H97N13O11/c1-10-12-13-17-20-45(70)60-37(21-24-56)50(74)68-46(35(9)11-2)55(79)62-39(23-26-58)49(73)66-43(30-36-18-15-14-16-19-36)54(78)65-40(27-32(3)4)51(75)61-38(22-25-57)48(72)63-41(28-33(5)6)52(76)64-42(29-34(7)8)53(77)67-44(31-69)47(59)71/h14-16,18-19,32-35,37-44,46,69H,10-13,17,20-31,56-58H2,1-9H3,(H2,59,71)(H,60,70)(H,61,75)(H,62,79)(H,63,72)(H,64,76)(H,65,78)(H,66,73)(H,67,77)(H,68,74)/t35-,37-,38-,39-,40-,41+,42-,43+,44-,46-/m0/s1. The maximum atomic E-state index is 14.5. The van der Waals surface area contributed by atoms with E-state index < -0.39 is 120 Å². The summed E-state index contributed by atoms with van der Waals surface area (Å²) < 4.78 is 0. The molecule has 24 heteroatoms. The third-order valence-electron chi connectivity index (χ3n) is 13.1. The fourth-order valence-corrected chi connectivity index (χ4v) is 8.51. The highest BCUT2D eigenvalue weighted by atomic mass is 16.3. The number of hydrogen-bond acceptors (Lipinski definition) is 14. The Labute approximate surface area is 467 Å². The van der Waals surface area contributed by atoms with Crippen LogP contribution in [0.25, 0.3) is 0 Å². The summed E-state index contributed by atoms with van der Waals surface area (Å²) in [6, 6.07) is -2.38. The van der Waals surface area contributed by atoms with Crippen LogP contribution in [0.5, 0.6) is 0 Å². The molecule has 0 fully saturated rings. The van der Waals surface area contributed by atoms with Gasteiger partial charge in [-0.15, -0.1) is 0 Å². The highest BCUT2D eigenvalue weighted by Crippen LogP contribution is 2.14. The molecule has 0 radical (unpaired) electrons. The van der Waals surface area contributed by atoms with Crippen LogP contribution in [0.4, 0.5) is 0 Å². The average molecular weight is 1120 g/mol. The van der Waals surface area contributed by atoms with Crippen molar-refractivity contribution in [1.29, 1.82) is 0 Å². The van der Waals surface area contributed by atoms with Crippen molar-refractivity contribution >= 4 is 59.1 Å². The van der Waals surface area contributed by atoms with Gasteiger partial charge in [0, 0.05) is 12.8 Å². The summed E-state index contributed by atoms with van der Waals surface area (Å²) in [5.74, 6) is -8.08. The molecule has 0 aliphatic carbocycles. The quantitative estimate of drug-likeness (QED) is 0.0361. The molecule has 0 heterocycles. The molecule has 10 amide bonds. The number of hydrogen-bond donors (Lipinski definition) is 14. The molecule has 79 heavy (non-hydrogen) atoms. The second kappa shape index (κ2) is 38.4. The number of carbonyl (C=O) groups excluding carboxylic acids is 10. The predicted molar refractivity (Wildman–Crippen MR) is 301 cm³/mol. The Morgan fingerprint density at radius 1 is 0.456 bits per heavy atom. The Kier molecular flexibility index (Phi) is 34.4. The average Bonchev–Trinajstić information content (AvgIpc) is 3.38. The van der Waals surface area contributed by atoms with Crippen molar-refractivity contribution in [2.75, 3.05) is 26.2 Å². The summed E-state index contributed by atoms with van der Waals surface area (Å²) in [6.07, 6.45) is 4.40. The molecule has 0 saturated carbocycles. The molecule has 0 aliphatic heterocycles. The summed E-state index contributed by atoms with van der Waals surface area (Å²) >= 11 is 0. The Hall–Kier alpha value is -6.24. The summed E-state index contributed by atoms with van der Waals surface area (Å²) in [6.45, 7) is 15.7. The van der Waals surface area contributed by atoms with E-state index in [1.807, 2.05) is 48.5 Å². The van der Waals surface area contributed by atoms with Gasteiger partial charge in [0.1, 0.15) is 54.4 Å². The number of aliphatic hydroxyl groups excluding tert-OH is 1. The molecule has 0 saturated heterocycles. The number of benzene rings is 1. The zero-order valence-electron chi connectivity index (χ0n) is 48.3. The van der Waals surface area contributed by atoms with E-state index in [0.29, 0.717) is 18.4 Å². The van der Waals surface area contributed by atoms with Crippen molar-refractivity contribution in [3.05, 3.63) is 35.9 Å². The predicted octanol–water partition coefficient (Wildman–Crippen LogP) is -0.729. The molecule has 448 valence electrons. The maximum absolute atomic E-state index is 14.5. The first-order chi connectivity index (χ1) is 37.3. The molecular weight excluding hydrogens is 1020 g/mol. The van der Waals surface area contributed by atoms with Gasteiger partial charge in [0.25, 0.3) is 0 Å². The molecule has 0 unspecified atom stereocenters. The Bertz CT molecular complexity index is 2080. The van der Waals surface area contributed by atoms with Gasteiger partial charge in [-0.2, -0.15) is 0 Å². The fourth-order valence-electron chi connectivity index (χ4n) is 8.51. The first kappa shape index (κ1) is 70.8. The van der Waals surface area contributed by atoms with Crippen LogP contribution in [0.3, 0.4) is 0 Å². The van der Waals surface area contributed by atoms with Gasteiger partial charge in [-0.1, -0.05) is 118 Å². The van der Waals surface area contributed by atoms with Gasteiger partial charge < -0.3 is 75.9 Å². The minimum absolute atomic E-state index is 0.0551. The van der Waals surface area contributed by atoms with Crippen LogP contribution in [0.15, 0.2) is 30.3 Å². The molecule has 1 rings (SSSR count). The monoisotopic (exact) mass is 1120 g/mol. The lowest BCUT2D eigenvalue weighted by atomic mass is 9.97. The number of rotatable bonds is 40. The van der Waals surface area contributed by atoms with Crippen molar-refractivity contribution in [3.8, 4) is 0 Å². The normalized spacial score (nSPS) is 15.1. The van der Waals surface area contributed by atoms with Gasteiger partial charge in [-0.3, -0.25) is 47.9 Å². The van der Waals surface area contributed by atoms with Crippen LogP contribution in [0, 0.1) is 23.7 Å². The highest BCUT2D eigenvalue weighted by molar-refractivity contribution is 5.98. The molecular formula is C55H97N13O11. The number of amides is 10. The van der Waals surface area contributed by atoms with Crippen molar-refractivity contribution in [3.63, 3.8) is 0 Å². The van der Waals surface area contributed by atoms with Crippen molar-refractivity contribution in [2.45, 2.75) is 200 Å². The Morgan fingerprint density at radius 3 is 1.22 bits per heavy atom. The van der Waals surface area contributed by atoms with Crippen LogP contribution in [0.1, 0.15) is 145 Å². The number of nitrogens with one attached hydrogen (secondary N) is 9. The summed E-state index contributed by atoms with van der Waals surface area (Å²) in [5, 5.41) is 33.7. The molecule has 0 aromatic heterocycles. The highest BCUT2D eigenvalue weighted by Gasteiger charge is 2.36. The molecule has 0 aliphatic rings. The summed E-state index contributed by atoms with van der Waals surface area (Å²) in [5.41, 5.74) is 23.7. The number of carbonyl (C=O) groups is 10. The molecule has 24 nitrogen and oxygen atoms in total. The van der Waals surface area contributed by atoms with Crippen LogP contribution in [-0.4, -0.2) is 145 Å². The second-order valence-electron chi connectivity index (χ2n) is 21.6. The first-order valence-corrected chi connectivity index (χ1v) is 28.1. The molecule has 0 spiro atoms. The van der Waals surface area contributed by atoms with E-state index in [-0.39, 0.29) is 94.7 Å². The third kappa shape index (κ3) is 27.5. The molecule has 1 aromatic rings. The Morgan fingerprint density at radius 2 is 0.823 bits per heavy atom. The van der Waals surface area contributed by atoms with Gasteiger partial charge in [-0.05, 0) is 93.8 Å². The second-order valence-corrected chi connectivity index (χ2v) is 21.6. The lowest BCUT2D eigenvalue weighted by Crippen LogP contribution is -2.61. The molecule has 1 aromatic carbocycles. The fraction of sp³-hybridized carbons (Fsp3) is 0.709. The van der Waals surface area contributed by atoms with Crippen LogP contribution in [-0.2, 0) is 54.4 Å². The van der Waals surface area contributed by atoms with Crippen LogP contribution < -0.4 is 70.8 Å². The number of unbranched alkanes of at least 4 members (excludes halogenated alkanes) is 3. The first-order valence-electron chi connectivity index (χ1n) is 28.1. The van der Waals surface area contributed by atoms with Crippen molar-refractivity contribution in [2.24, 2.45) is 46.6 Å². The number of primary amides is 1. The third-order valence-corrected chi connectivity index (χ3v) is 13.1. The summed E-state index contributed by atoms with van der Waals surface area (Å²) in [4.78, 5) is 137. The van der Waals surface area contributed by atoms with E-state index >= 15 is 0 Å². The largest absolute Gasteiger partial charge is 0.394 e. The lowest BCUT2D eigenvalue weighted by Gasteiger charge is -2.30. The van der Waals surface area contributed by atoms with Crippen molar-refractivity contribution in [1.82, 2.24) is 47.9 Å². The van der Waals surface area contributed by atoms with E-state index in [1.54, 1.807) is 37.3 Å². The lowest BCUT2D eigenvalue weighted by molar-refractivity contribution is -0.136. The number of aliphatic hydroxyl groups is 1. The molecule has 10 atom stereocenters. The van der Waals surface area contributed by atoms with E-state index in [4.69, 9.17) is 22.9 Å². The zero-order chi connectivity index (χ0) is 59.8. The number of nitrogens with two attached hydrogens (primary N) is 4. The van der Waals surface area contributed by atoms with Crippen molar-refractivity contribution < 1.29 is 53.1 Å². The maximum Gasteiger partial charge on any atom is 0.243 e. The van der Waals surface area contributed by atoms with E-state index in [9.17, 15) is 53.1 Å². The van der Waals surface area contributed by atoms with Gasteiger partial charge >= 0.3 is 0 Å². The summed E-state index contributed by atoms with van der Waals surface area (Å²) in [7, 11) is 0. The van der Waals surface area contributed by atoms with E-state index in [1.165, 1.54) is 0 Å². The smallest absolute Gasteiger partial charge is 0.243 e. The SMILES string of the molecule is CCCCCCC(=O)N[C@@H](CCN)C(=O)N[C@H](C(=O)N[C@@H](CCN)C(=O)N[C@H](Cc1ccccc1)C(=O)N[C@@H](CC(C)C)C(=O)N[C@@H](CCN)C(=O)N[C@H](CC(C)C)C(=O)N[C@@H](CC(C)C)C(=O)N[C@@H](CO)C(N)=O)[C@@H](C)CC.